The van der Waals surface area contributed by atoms with E-state index in [1.807, 2.05) is 0 Å². The van der Waals surface area contributed by atoms with Crippen molar-refractivity contribution in [3.8, 4) is 5.69 Å². The molecule has 1 aromatic carbocycles. The van der Waals surface area contributed by atoms with Gasteiger partial charge in [0, 0.05) is 6.26 Å². The summed E-state index contributed by atoms with van der Waals surface area (Å²) in [7, 11) is -3.82. The van der Waals surface area contributed by atoms with Crippen molar-refractivity contribution in [2.75, 3.05) is 6.26 Å². The van der Waals surface area contributed by atoms with Crippen LogP contribution in [0.5, 0.6) is 0 Å². The molecule has 0 N–H and O–H groups in total. The van der Waals surface area contributed by atoms with Crippen LogP contribution in [0.25, 0.3) is 5.69 Å². The SMILES string of the molecule is CS(F)(F)Cc1cnn(-c2c(Cl)cc(C(F)(F)F)cc2Cl)n1. The minimum atomic E-state index is -4.61. The first kappa shape index (κ1) is 17.3. The average molecular weight is 380 g/mol. The minimum Gasteiger partial charge on any atom is -0.166 e. The number of hydrogen-bond acceptors (Lipinski definition) is 2. The lowest BCUT2D eigenvalue weighted by molar-refractivity contribution is -0.137. The second-order valence-electron chi connectivity index (χ2n) is 4.43. The molecular formula is C11H8Cl2F5N3S. The Bertz CT molecular complexity index is 673. The Morgan fingerprint density at radius 1 is 1.18 bits per heavy atom. The van der Waals surface area contributed by atoms with Crippen LogP contribution in [0.3, 0.4) is 0 Å². The largest absolute Gasteiger partial charge is 0.416 e. The Morgan fingerprint density at radius 2 is 1.73 bits per heavy atom. The summed E-state index contributed by atoms with van der Waals surface area (Å²) in [6.45, 7) is 0. The van der Waals surface area contributed by atoms with Gasteiger partial charge in [0.25, 0.3) is 0 Å². The number of benzene rings is 1. The molecule has 2 rings (SSSR count). The number of alkyl halides is 3. The lowest BCUT2D eigenvalue weighted by Gasteiger charge is -2.12. The molecule has 0 aliphatic heterocycles. The van der Waals surface area contributed by atoms with E-state index in [-0.39, 0.29) is 21.4 Å². The summed E-state index contributed by atoms with van der Waals surface area (Å²) >= 11 is 11.6. The lowest BCUT2D eigenvalue weighted by atomic mass is 10.2. The van der Waals surface area contributed by atoms with Crippen molar-refractivity contribution in [1.29, 1.82) is 0 Å². The van der Waals surface area contributed by atoms with Crippen molar-refractivity contribution >= 4 is 34.0 Å². The van der Waals surface area contributed by atoms with Gasteiger partial charge < -0.3 is 0 Å². The van der Waals surface area contributed by atoms with Gasteiger partial charge in [0.1, 0.15) is 5.69 Å². The van der Waals surface area contributed by atoms with Crippen LogP contribution < -0.4 is 0 Å². The summed E-state index contributed by atoms with van der Waals surface area (Å²) in [5.41, 5.74) is -1.13. The van der Waals surface area contributed by atoms with Crippen LogP contribution in [-0.4, -0.2) is 21.2 Å². The first-order valence-electron chi connectivity index (χ1n) is 5.60. The summed E-state index contributed by atoms with van der Waals surface area (Å²) < 4.78 is 63.9. The number of nitrogens with zero attached hydrogens (tertiary/aromatic N) is 3. The summed E-state index contributed by atoms with van der Waals surface area (Å²) in [6, 6.07) is 1.34. The second-order valence-corrected chi connectivity index (χ2v) is 7.28. The van der Waals surface area contributed by atoms with Crippen molar-refractivity contribution in [2.45, 2.75) is 11.9 Å². The molecule has 0 amide bonds. The summed E-state index contributed by atoms with van der Waals surface area (Å²) in [6.07, 6.45) is -2.72. The molecule has 1 aromatic heterocycles. The van der Waals surface area contributed by atoms with Crippen LogP contribution in [0.4, 0.5) is 20.9 Å². The molecule has 22 heavy (non-hydrogen) atoms. The molecule has 0 radical (unpaired) electrons. The van der Waals surface area contributed by atoms with Gasteiger partial charge in [0.2, 0.25) is 0 Å². The second kappa shape index (κ2) is 5.86. The Labute approximate surface area is 133 Å². The molecule has 2 aromatic rings. The maximum atomic E-state index is 13.0. The fraction of sp³-hybridized carbons (Fsp3) is 0.273. The molecule has 0 aliphatic carbocycles. The zero-order valence-corrected chi connectivity index (χ0v) is 13.2. The van der Waals surface area contributed by atoms with Crippen LogP contribution in [0.2, 0.25) is 10.0 Å². The summed E-state index contributed by atoms with van der Waals surface area (Å²) in [5, 5.41) is 6.82. The number of hydrogen-bond donors (Lipinski definition) is 0. The van der Waals surface area contributed by atoms with Crippen LogP contribution in [0.15, 0.2) is 18.3 Å². The summed E-state index contributed by atoms with van der Waals surface area (Å²) in [4.78, 5) is 0.839. The average Bonchev–Trinajstić information content (AvgIpc) is 2.72. The highest BCUT2D eigenvalue weighted by atomic mass is 35.5. The monoisotopic (exact) mass is 379 g/mol. The maximum absolute atomic E-state index is 13.0. The molecule has 11 heteroatoms. The quantitative estimate of drug-likeness (QED) is 0.677. The molecule has 0 unspecified atom stereocenters. The highest BCUT2D eigenvalue weighted by Crippen LogP contribution is 2.50. The highest BCUT2D eigenvalue weighted by molar-refractivity contribution is 8.24. The Balaban J connectivity index is 2.42. The topological polar surface area (TPSA) is 30.7 Å². The van der Waals surface area contributed by atoms with E-state index < -0.39 is 28.3 Å². The third-order valence-corrected chi connectivity index (χ3v) is 3.86. The van der Waals surface area contributed by atoms with E-state index >= 15 is 0 Å². The van der Waals surface area contributed by atoms with Crippen LogP contribution >= 0.6 is 34.0 Å². The Kier molecular flexibility index (Phi) is 4.61. The maximum Gasteiger partial charge on any atom is 0.416 e. The van der Waals surface area contributed by atoms with Gasteiger partial charge in [-0.2, -0.15) is 31.1 Å². The first-order valence-corrected chi connectivity index (χ1v) is 8.37. The third-order valence-electron chi connectivity index (χ3n) is 2.48. The fourth-order valence-electron chi connectivity index (χ4n) is 1.65. The van der Waals surface area contributed by atoms with Crippen LogP contribution in [0, 0.1) is 0 Å². The van der Waals surface area contributed by atoms with E-state index in [9.17, 15) is 20.9 Å². The molecule has 0 saturated heterocycles. The number of halogens is 7. The van der Waals surface area contributed by atoms with Gasteiger partial charge in [-0.25, -0.2) is 0 Å². The Morgan fingerprint density at radius 3 is 2.18 bits per heavy atom. The van der Waals surface area contributed by atoms with E-state index in [4.69, 9.17) is 23.2 Å². The van der Waals surface area contributed by atoms with E-state index in [2.05, 4.69) is 10.2 Å². The van der Waals surface area contributed by atoms with Gasteiger partial charge in [0.15, 0.2) is 0 Å². The number of aromatic nitrogens is 3. The highest BCUT2D eigenvalue weighted by Gasteiger charge is 2.32. The normalized spacial score (nSPS) is 13.5. The van der Waals surface area contributed by atoms with Gasteiger partial charge in [-0.3, -0.25) is 0 Å². The van der Waals surface area contributed by atoms with Gasteiger partial charge >= 0.3 is 6.18 Å². The van der Waals surface area contributed by atoms with Crippen LogP contribution in [0.1, 0.15) is 11.3 Å². The predicted octanol–water partition coefficient (Wildman–Crippen LogP) is 5.30. The molecule has 0 bridgehead atoms. The molecule has 1 heterocycles. The zero-order valence-electron chi connectivity index (χ0n) is 10.8. The predicted molar refractivity (Wildman–Crippen MR) is 75.8 cm³/mol. The van der Waals surface area contributed by atoms with Gasteiger partial charge in [-0.05, 0) is 12.1 Å². The fourth-order valence-corrected chi connectivity index (χ4v) is 2.94. The van der Waals surface area contributed by atoms with E-state index in [0.29, 0.717) is 12.1 Å². The van der Waals surface area contributed by atoms with Crippen molar-refractivity contribution in [3.63, 3.8) is 0 Å². The first-order chi connectivity index (χ1) is 9.97. The molecule has 0 spiro atoms. The van der Waals surface area contributed by atoms with E-state index in [1.54, 1.807) is 0 Å². The van der Waals surface area contributed by atoms with Crippen LogP contribution in [-0.2, 0) is 11.9 Å². The molecule has 3 nitrogen and oxygen atoms in total. The van der Waals surface area contributed by atoms with Crippen molar-refractivity contribution in [2.24, 2.45) is 0 Å². The van der Waals surface area contributed by atoms with Gasteiger partial charge in [0.05, 0.1) is 44.1 Å². The summed E-state index contributed by atoms with van der Waals surface area (Å²) in [5.74, 6) is -0.580. The van der Waals surface area contributed by atoms with Crippen molar-refractivity contribution in [3.05, 3.63) is 39.6 Å². The number of rotatable bonds is 3. The van der Waals surface area contributed by atoms with Crippen molar-refractivity contribution in [1.82, 2.24) is 15.0 Å². The van der Waals surface area contributed by atoms with E-state index in [0.717, 1.165) is 17.2 Å². The van der Waals surface area contributed by atoms with Gasteiger partial charge in [-0.15, -0.1) is 4.80 Å². The molecule has 0 fully saturated rings. The molecule has 0 saturated carbocycles. The van der Waals surface area contributed by atoms with E-state index in [1.165, 1.54) is 0 Å². The standard InChI is InChI=1S/C11H8Cl2F5N3S/c1-22(17,18)5-7-4-19-21(20-7)10-8(12)2-6(3-9(10)13)11(14,15)16/h2-4H,5H2,1H3. The molecule has 122 valence electrons. The Hall–Kier alpha value is -1.06. The molecule has 0 atom stereocenters. The smallest absolute Gasteiger partial charge is 0.166 e. The molecule has 0 aliphatic rings. The minimum absolute atomic E-state index is 0.00506. The van der Waals surface area contributed by atoms with Gasteiger partial charge in [-0.1, -0.05) is 23.2 Å². The zero-order chi connectivity index (χ0) is 16.7. The lowest BCUT2D eigenvalue weighted by Crippen LogP contribution is -2.08. The molecular weight excluding hydrogens is 372 g/mol. The third kappa shape index (κ3) is 4.02. The van der Waals surface area contributed by atoms with Crippen molar-refractivity contribution < 1.29 is 20.9 Å².